The number of benzene rings is 1. The summed E-state index contributed by atoms with van der Waals surface area (Å²) in [5, 5.41) is 10.0. The highest BCUT2D eigenvalue weighted by Gasteiger charge is 2.47. The van der Waals surface area contributed by atoms with Gasteiger partial charge in [0.2, 0.25) is 0 Å². The van der Waals surface area contributed by atoms with Crippen LogP contribution in [-0.4, -0.2) is 29.6 Å². The highest BCUT2D eigenvalue weighted by molar-refractivity contribution is 5.43. The SMILES string of the molecule is CCCC12CCN(CC3CC3)CC1CCc1ccc(O)cc12. The number of hydrogen-bond acceptors (Lipinski definition) is 2. The first kappa shape index (κ1) is 14.6. The molecule has 2 fully saturated rings. The molecule has 2 heteroatoms. The summed E-state index contributed by atoms with van der Waals surface area (Å²) >= 11 is 0. The minimum atomic E-state index is 0.334. The average molecular weight is 299 g/mol. The monoisotopic (exact) mass is 299 g/mol. The molecule has 0 radical (unpaired) electrons. The van der Waals surface area contributed by atoms with Crippen molar-refractivity contribution < 1.29 is 5.11 Å². The zero-order valence-electron chi connectivity index (χ0n) is 13.9. The molecule has 4 rings (SSSR count). The minimum absolute atomic E-state index is 0.334. The van der Waals surface area contributed by atoms with Crippen molar-refractivity contribution in [2.24, 2.45) is 11.8 Å². The van der Waals surface area contributed by atoms with Crippen molar-refractivity contribution in [2.45, 2.75) is 57.3 Å². The van der Waals surface area contributed by atoms with E-state index in [1.54, 1.807) is 0 Å². The van der Waals surface area contributed by atoms with Crippen molar-refractivity contribution in [3.8, 4) is 5.75 Å². The molecule has 1 aromatic carbocycles. The van der Waals surface area contributed by atoms with Gasteiger partial charge in [0.05, 0.1) is 0 Å². The van der Waals surface area contributed by atoms with Crippen LogP contribution in [0, 0.1) is 11.8 Å². The molecule has 120 valence electrons. The zero-order chi connectivity index (χ0) is 15.2. The van der Waals surface area contributed by atoms with Crippen LogP contribution in [0.2, 0.25) is 0 Å². The van der Waals surface area contributed by atoms with Gasteiger partial charge < -0.3 is 10.0 Å². The molecular formula is C20H29NO. The van der Waals surface area contributed by atoms with Gasteiger partial charge in [-0.1, -0.05) is 19.4 Å². The van der Waals surface area contributed by atoms with Crippen LogP contribution in [0.15, 0.2) is 18.2 Å². The maximum absolute atomic E-state index is 10.0. The summed E-state index contributed by atoms with van der Waals surface area (Å²) in [6, 6.07) is 6.14. The van der Waals surface area contributed by atoms with Gasteiger partial charge in [-0.25, -0.2) is 0 Å². The van der Waals surface area contributed by atoms with Crippen molar-refractivity contribution in [1.29, 1.82) is 0 Å². The van der Waals surface area contributed by atoms with Gasteiger partial charge in [0, 0.05) is 18.5 Å². The molecule has 1 aliphatic heterocycles. The lowest BCUT2D eigenvalue weighted by Crippen LogP contribution is -2.52. The number of piperidine rings is 1. The minimum Gasteiger partial charge on any atom is -0.508 e. The van der Waals surface area contributed by atoms with Gasteiger partial charge in [0.15, 0.2) is 0 Å². The summed E-state index contributed by atoms with van der Waals surface area (Å²) in [5.74, 6) is 2.24. The number of rotatable bonds is 4. The predicted molar refractivity (Wildman–Crippen MR) is 90.3 cm³/mol. The molecular weight excluding hydrogens is 270 g/mol. The third kappa shape index (κ3) is 2.46. The van der Waals surface area contributed by atoms with Crippen molar-refractivity contribution in [1.82, 2.24) is 4.90 Å². The highest BCUT2D eigenvalue weighted by Crippen LogP contribution is 2.50. The predicted octanol–water partition coefficient (Wildman–Crippen LogP) is 4.11. The summed E-state index contributed by atoms with van der Waals surface area (Å²) in [6.45, 7) is 6.19. The van der Waals surface area contributed by atoms with Gasteiger partial charge in [-0.15, -0.1) is 0 Å². The van der Waals surface area contributed by atoms with Crippen LogP contribution in [0.1, 0.15) is 56.6 Å². The first-order chi connectivity index (χ1) is 10.7. The average Bonchev–Trinajstić information content (AvgIpc) is 3.32. The van der Waals surface area contributed by atoms with Gasteiger partial charge in [0.25, 0.3) is 0 Å². The topological polar surface area (TPSA) is 23.5 Å². The summed E-state index contributed by atoms with van der Waals surface area (Å²) in [4.78, 5) is 2.74. The maximum atomic E-state index is 10.0. The van der Waals surface area contributed by atoms with Gasteiger partial charge in [0.1, 0.15) is 5.75 Å². The number of hydrogen-bond donors (Lipinski definition) is 1. The summed E-state index contributed by atoms with van der Waals surface area (Å²) in [5.41, 5.74) is 3.32. The summed E-state index contributed by atoms with van der Waals surface area (Å²) in [6.07, 6.45) is 9.26. The number of likely N-dealkylation sites (tertiary alicyclic amines) is 1. The Hall–Kier alpha value is -1.02. The Morgan fingerprint density at radius 2 is 2.14 bits per heavy atom. The lowest BCUT2D eigenvalue weighted by molar-refractivity contribution is 0.0665. The molecule has 0 spiro atoms. The van der Waals surface area contributed by atoms with Crippen molar-refractivity contribution in [2.75, 3.05) is 19.6 Å². The summed E-state index contributed by atoms with van der Waals surface area (Å²) in [7, 11) is 0. The molecule has 1 saturated carbocycles. The molecule has 2 unspecified atom stereocenters. The normalized spacial score (nSPS) is 31.6. The third-order valence-electron chi connectivity index (χ3n) is 6.44. The fourth-order valence-electron chi connectivity index (χ4n) is 5.18. The first-order valence-electron chi connectivity index (χ1n) is 9.26. The van der Waals surface area contributed by atoms with E-state index in [-0.39, 0.29) is 0 Å². The second-order valence-corrected chi connectivity index (χ2v) is 7.94. The molecule has 2 atom stereocenters. The lowest BCUT2D eigenvalue weighted by atomic mass is 9.58. The lowest BCUT2D eigenvalue weighted by Gasteiger charge is -2.52. The number of nitrogens with zero attached hydrogens (tertiary/aromatic N) is 1. The van der Waals surface area contributed by atoms with Crippen molar-refractivity contribution in [3.05, 3.63) is 29.3 Å². The van der Waals surface area contributed by atoms with Crippen LogP contribution in [0.3, 0.4) is 0 Å². The van der Waals surface area contributed by atoms with Gasteiger partial charge in [-0.05, 0) is 80.2 Å². The molecule has 1 heterocycles. The standard InChI is InChI=1S/C20H29NO/c1-2-9-20-10-11-21(13-15-3-4-15)14-17(20)7-5-16-6-8-18(22)12-19(16)20/h6,8,12,15,17,22H,2-5,7,9-11,13-14H2,1H3. The van der Waals surface area contributed by atoms with E-state index < -0.39 is 0 Å². The van der Waals surface area contributed by atoms with Crippen LogP contribution in [-0.2, 0) is 11.8 Å². The van der Waals surface area contributed by atoms with Crippen LogP contribution >= 0.6 is 0 Å². The Morgan fingerprint density at radius 1 is 1.27 bits per heavy atom. The van der Waals surface area contributed by atoms with Gasteiger partial charge >= 0.3 is 0 Å². The zero-order valence-corrected chi connectivity index (χ0v) is 13.9. The second-order valence-electron chi connectivity index (χ2n) is 7.94. The molecule has 2 aliphatic carbocycles. The largest absolute Gasteiger partial charge is 0.508 e. The van der Waals surface area contributed by atoms with Crippen LogP contribution < -0.4 is 0 Å². The smallest absolute Gasteiger partial charge is 0.115 e. The van der Waals surface area contributed by atoms with E-state index in [0.29, 0.717) is 11.2 Å². The van der Waals surface area contributed by atoms with Crippen LogP contribution in [0.25, 0.3) is 0 Å². The molecule has 1 saturated heterocycles. The Bertz CT molecular complexity index is 551. The quantitative estimate of drug-likeness (QED) is 0.904. The Labute approximate surface area is 134 Å². The van der Waals surface area contributed by atoms with E-state index in [4.69, 9.17) is 0 Å². The fraction of sp³-hybridized carbons (Fsp3) is 0.700. The Balaban J connectivity index is 1.64. The van der Waals surface area contributed by atoms with E-state index in [9.17, 15) is 5.11 Å². The van der Waals surface area contributed by atoms with E-state index in [1.165, 1.54) is 75.7 Å². The molecule has 22 heavy (non-hydrogen) atoms. The summed E-state index contributed by atoms with van der Waals surface area (Å²) < 4.78 is 0. The third-order valence-corrected chi connectivity index (χ3v) is 6.44. The molecule has 2 nitrogen and oxygen atoms in total. The van der Waals surface area contributed by atoms with E-state index in [1.807, 2.05) is 6.07 Å². The van der Waals surface area contributed by atoms with E-state index in [2.05, 4.69) is 24.0 Å². The fourth-order valence-corrected chi connectivity index (χ4v) is 5.18. The van der Waals surface area contributed by atoms with Crippen molar-refractivity contribution in [3.63, 3.8) is 0 Å². The van der Waals surface area contributed by atoms with Crippen LogP contribution in [0.5, 0.6) is 5.75 Å². The van der Waals surface area contributed by atoms with Gasteiger partial charge in [-0.2, -0.15) is 0 Å². The second kappa shape index (κ2) is 5.56. The first-order valence-corrected chi connectivity index (χ1v) is 9.26. The van der Waals surface area contributed by atoms with Gasteiger partial charge in [-0.3, -0.25) is 0 Å². The maximum Gasteiger partial charge on any atom is 0.115 e. The molecule has 1 aromatic rings. The molecule has 0 aromatic heterocycles. The highest BCUT2D eigenvalue weighted by atomic mass is 16.3. The number of phenolic OH excluding ortho intramolecular Hbond substituents is 1. The number of aromatic hydroxyl groups is 1. The molecule has 3 aliphatic rings. The van der Waals surface area contributed by atoms with E-state index >= 15 is 0 Å². The Morgan fingerprint density at radius 3 is 2.91 bits per heavy atom. The van der Waals surface area contributed by atoms with E-state index in [0.717, 1.165) is 11.8 Å². The van der Waals surface area contributed by atoms with Crippen molar-refractivity contribution >= 4 is 0 Å². The molecule has 1 N–H and O–H groups in total. The number of aryl methyl sites for hydroxylation is 1. The number of phenols is 1. The molecule has 0 amide bonds. The number of fused-ring (bicyclic) bond motifs is 3. The van der Waals surface area contributed by atoms with Crippen LogP contribution in [0.4, 0.5) is 0 Å². The Kier molecular flexibility index (Phi) is 3.68. The molecule has 0 bridgehead atoms.